The highest BCUT2D eigenvalue weighted by Gasteiger charge is 2.31. The first-order valence-electron chi connectivity index (χ1n) is 7.64. The van der Waals surface area contributed by atoms with Gasteiger partial charge in [-0.15, -0.1) is 12.4 Å². The van der Waals surface area contributed by atoms with Gasteiger partial charge in [0.2, 0.25) is 5.91 Å². The number of rotatable bonds is 7. The fourth-order valence-corrected chi connectivity index (χ4v) is 3.44. The summed E-state index contributed by atoms with van der Waals surface area (Å²) in [4.78, 5) is 16.4. The van der Waals surface area contributed by atoms with Crippen LogP contribution in [0.2, 0.25) is 0 Å². The number of benzene rings is 1. The summed E-state index contributed by atoms with van der Waals surface area (Å²) in [6, 6.07) is 5.90. The van der Waals surface area contributed by atoms with Gasteiger partial charge in [0.15, 0.2) is 0 Å². The normalized spacial score (nSPS) is 17.5. The lowest BCUT2D eigenvalue weighted by Crippen LogP contribution is -2.37. The van der Waals surface area contributed by atoms with Crippen molar-refractivity contribution in [2.24, 2.45) is 4.99 Å². The van der Waals surface area contributed by atoms with Crippen LogP contribution in [0.3, 0.4) is 0 Å². The van der Waals surface area contributed by atoms with Crippen LogP contribution >= 0.6 is 12.4 Å². The number of nitrogens with zero attached hydrogens (tertiary/aromatic N) is 1. The van der Waals surface area contributed by atoms with Crippen LogP contribution in [0.5, 0.6) is 0 Å². The number of halogens is 1. The van der Waals surface area contributed by atoms with Crippen LogP contribution in [-0.4, -0.2) is 45.8 Å². The fourth-order valence-electron chi connectivity index (χ4n) is 2.21. The molecule has 0 saturated carbocycles. The van der Waals surface area contributed by atoms with E-state index in [0.717, 1.165) is 13.0 Å². The fraction of sp³-hybridized carbons (Fsp3) is 0.467. The second-order valence-corrected chi connectivity index (χ2v) is 6.95. The van der Waals surface area contributed by atoms with Crippen molar-refractivity contribution in [2.75, 3.05) is 19.6 Å². The lowest BCUT2D eigenvalue weighted by molar-refractivity contribution is -0.121. The molecule has 0 radical (unpaired) electrons. The molecule has 0 fully saturated rings. The van der Waals surface area contributed by atoms with Gasteiger partial charge in [-0.2, -0.15) is 0 Å². The van der Waals surface area contributed by atoms with Gasteiger partial charge in [-0.3, -0.25) is 14.5 Å². The van der Waals surface area contributed by atoms with E-state index in [9.17, 15) is 13.2 Å². The molecule has 134 valence electrons. The van der Waals surface area contributed by atoms with E-state index in [1.807, 2.05) is 0 Å². The molecule has 9 heteroatoms. The number of hydrogen-bond donors (Lipinski definition) is 3. The molecule has 1 amide bonds. The van der Waals surface area contributed by atoms with Crippen molar-refractivity contribution >= 4 is 34.2 Å². The first-order valence-corrected chi connectivity index (χ1v) is 9.12. The molecule has 1 aromatic rings. The predicted octanol–water partition coefficient (Wildman–Crippen LogP) is 0.651. The van der Waals surface area contributed by atoms with Gasteiger partial charge in [0.05, 0.1) is 4.90 Å². The maximum absolute atomic E-state index is 12.0. The predicted molar refractivity (Wildman–Crippen MR) is 96.2 cm³/mol. The number of aliphatic imine (C=N–C) groups is 1. The van der Waals surface area contributed by atoms with Gasteiger partial charge in [0.25, 0.3) is 10.0 Å². The van der Waals surface area contributed by atoms with Gasteiger partial charge in [0, 0.05) is 18.7 Å². The van der Waals surface area contributed by atoms with Gasteiger partial charge < -0.3 is 10.6 Å². The van der Waals surface area contributed by atoms with Gasteiger partial charge in [0.1, 0.15) is 11.9 Å². The molecule has 0 bridgehead atoms. The summed E-state index contributed by atoms with van der Waals surface area (Å²) in [6.07, 6.45) is 1.04. The highest BCUT2D eigenvalue weighted by atomic mass is 35.5. The summed E-state index contributed by atoms with van der Waals surface area (Å²) in [7, 11) is -3.58. The zero-order valence-electron chi connectivity index (χ0n) is 13.7. The third kappa shape index (κ3) is 4.93. The Hall–Kier alpha value is -1.64. The quantitative estimate of drug-likeness (QED) is 0.610. The van der Waals surface area contributed by atoms with E-state index >= 15 is 0 Å². The second-order valence-electron chi connectivity index (χ2n) is 5.30. The lowest BCUT2D eigenvalue weighted by Gasteiger charge is -2.10. The minimum Gasteiger partial charge on any atom is -0.353 e. The Morgan fingerprint density at radius 3 is 2.67 bits per heavy atom. The number of amidine groups is 1. The number of sulfonamides is 1. The van der Waals surface area contributed by atoms with Crippen LogP contribution in [0, 0.1) is 0 Å². The Balaban J connectivity index is 0.00000288. The molecule has 1 aromatic carbocycles. The van der Waals surface area contributed by atoms with Crippen LogP contribution in [0.15, 0.2) is 34.2 Å². The van der Waals surface area contributed by atoms with Crippen molar-refractivity contribution < 1.29 is 13.2 Å². The molecular weight excluding hydrogens is 352 g/mol. The first kappa shape index (κ1) is 20.4. The van der Waals surface area contributed by atoms with Crippen LogP contribution in [0.1, 0.15) is 25.8 Å². The molecule has 0 saturated heterocycles. The van der Waals surface area contributed by atoms with Crippen LogP contribution < -0.4 is 15.4 Å². The smallest absolute Gasteiger partial charge is 0.263 e. The number of hydrogen-bond acceptors (Lipinski definition) is 5. The Morgan fingerprint density at radius 2 is 1.96 bits per heavy atom. The van der Waals surface area contributed by atoms with Crippen LogP contribution in [0.25, 0.3) is 0 Å². The van der Waals surface area contributed by atoms with E-state index in [1.54, 1.807) is 25.1 Å². The van der Waals surface area contributed by atoms with Crippen molar-refractivity contribution in [1.82, 2.24) is 15.4 Å². The molecule has 2 rings (SSSR count). The molecule has 1 atom stereocenters. The van der Waals surface area contributed by atoms with Crippen molar-refractivity contribution in [3.63, 3.8) is 0 Å². The van der Waals surface area contributed by atoms with Crippen LogP contribution in [0.4, 0.5) is 0 Å². The lowest BCUT2D eigenvalue weighted by atomic mass is 10.2. The van der Waals surface area contributed by atoms with Crippen molar-refractivity contribution in [1.29, 1.82) is 0 Å². The summed E-state index contributed by atoms with van der Waals surface area (Å²) in [5, 5.41) is 5.96. The third-order valence-electron chi connectivity index (χ3n) is 3.39. The highest BCUT2D eigenvalue weighted by Crippen LogP contribution is 2.22. The molecule has 1 heterocycles. The van der Waals surface area contributed by atoms with Gasteiger partial charge in [-0.25, -0.2) is 8.42 Å². The summed E-state index contributed by atoms with van der Waals surface area (Å²) in [6.45, 7) is 5.82. The molecule has 24 heavy (non-hydrogen) atoms. The Labute approximate surface area is 148 Å². The Bertz CT molecular complexity index is 706. The van der Waals surface area contributed by atoms with E-state index < -0.39 is 16.1 Å². The average molecular weight is 375 g/mol. The maximum atomic E-state index is 12.0. The summed E-state index contributed by atoms with van der Waals surface area (Å²) in [5.41, 5.74) is 0.497. The number of fused-ring (bicyclic) bond motifs is 1. The molecule has 0 spiro atoms. The van der Waals surface area contributed by atoms with Crippen molar-refractivity contribution in [3.05, 3.63) is 29.8 Å². The van der Waals surface area contributed by atoms with Gasteiger partial charge in [-0.05, 0) is 32.0 Å². The van der Waals surface area contributed by atoms with Gasteiger partial charge >= 0.3 is 0 Å². The summed E-state index contributed by atoms with van der Waals surface area (Å²) in [5.74, 6) is -0.0215. The molecule has 1 aliphatic heterocycles. The molecular formula is C15H23ClN4O3S. The highest BCUT2D eigenvalue weighted by molar-refractivity contribution is 7.90. The van der Waals surface area contributed by atoms with E-state index in [2.05, 4.69) is 27.3 Å². The first-order chi connectivity index (χ1) is 11.0. The number of carbonyl (C=O) groups excluding carboxylic acids is 1. The van der Waals surface area contributed by atoms with Crippen LogP contribution in [-0.2, 0) is 14.8 Å². The van der Waals surface area contributed by atoms with E-state index in [-0.39, 0.29) is 29.0 Å². The van der Waals surface area contributed by atoms with E-state index in [4.69, 9.17) is 0 Å². The second kappa shape index (κ2) is 9.00. The monoisotopic (exact) mass is 374 g/mol. The van der Waals surface area contributed by atoms with Crippen molar-refractivity contribution in [3.8, 4) is 0 Å². The SMILES string of the molecule is CCCNCCNC(=O)C(C)N=C1NS(=O)(=O)c2ccccc21.Cl. The Kier molecular flexibility index (Phi) is 7.65. The molecule has 0 aromatic heterocycles. The number of nitrogens with one attached hydrogen (secondary N) is 3. The van der Waals surface area contributed by atoms with E-state index in [0.29, 0.717) is 18.7 Å². The standard InChI is InChI=1S/C15H22N4O3S.ClH/c1-3-8-16-9-10-17-15(20)11(2)18-14-12-6-4-5-7-13(12)23(21,22)19-14;/h4-7,11,16H,3,8-10H2,1-2H3,(H,17,20)(H,18,19);1H. The largest absolute Gasteiger partial charge is 0.353 e. The maximum Gasteiger partial charge on any atom is 0.263 e. The molecule has 1 unspecified atom stereocenters. The zero-order chi connectivity index (χ0) is 16.9. The topological polar surface area (TPSA) is 99.7 Å². The van der Waals surface area contributed by atoms with Crippen molar-refractivity contribution in [2.45, 2.75) is 31.2 Å². The minimum atomic E-state index is -3.58. The zero-order valence-corrected chi connectivity index (χ0v) is 15.3. The molecule has 7 nitrogen and oxygen atoms in total. The summed E-state index contributed by atoms with van der Waals surface area (Å²) >= 11 is 0. The van der Waals surface area contributed by atoms with E-state index in [1.165, 1.54) is 6.07 Å². The third-order valence-corrected chi connectivity index (χ3v) is 4.79. The molecule has 3 N–H and O–H groups in total. The Morgan fingerprint density at radius 1 is 1.25 bits per heavy atom. The molecule has 0 aliphatic carbocycles. The molecule has 1 aliphatic rings. The minimum absolute atomic E-state index is 0. The number of amides is 1. The average Bonchev–Trinajstić information content (AvgIpc) is 2.78. The number of carbonyl (C=O) groups is 1. The van der Waals surface area contributed by atoms with Gasteiger partial charge in [-0.1, -0.05) is 19.1 Å². The summed E-state index contributed by atoms with van der Waals surface area (Å²) < 4.78 is 26.4.